The molecule has 0 aliphatic heterocycles. The lowest BCUT2D eigenvalue weighted by molar-refractivity contribution is -0.116. The van der Waals surface area contributed by atoms with Crippen molar-refractivity contribution in [2.45, 2.75) is 31.6 Å². The second-order valence-corrected chi connectivity index (χ2v) is 4.44. The Kier molecular flexibility index (Phi) is 4.74. The van der Waals surface area contributed by atoms with E-state index in [-0.39, 0.29) is 0 Å². The minimum absolute atomic E-state index is 0.345. The van der Waals surface area contributed by atoms with Gasteiger partial charge < -0.3 is 0 Å². The third kappa shape index (κ3) is 3.97. The van der Waals surface area contributed by atoms with Crippen molar-refractivity contribution >= 4 is 17.5 Å². The summed E-state index contributed by atoms with van der Waals surface area (Å²) in [6, 6.07) is 8.29. The van der Waals surface area contributed by atoms with Gasteiger partial charge in [0, 0.05) is 11.3 Å². The van der Waals surface area contributed by atoms with Crippen LogP contribution in [0.25, 0.3) is 0 Å². The molecule has 0 amide bonds. The molecule has 1 rings (SSSR count). The van der Waals surface area contributed by atoms with E-state index in [4.69, 9.17) is 0 Å². The van der Waals surface area contributed by atoms with Gasteiger partial charge in [0.25, 0.3) is 0 Å². The first-order valence-corrected chi connectivity index (χ1v) is 5.92. The molecular formula is C12H16OS. The van der Waals surface area contributed by atoms with Crippen LogP contribution in [0.1, 0.15) is 25.3 Å². The standard InChI is InChI=1S/C12H16OS/c1-3-4-11(13)9-14-12-7-5-10(2)6-8-12/h5-8H,3-4,9H2,1-2H3. The van der Waals surface area contributed by atoms with Gasteiger partial charge in [-0.25, -0.2) is 0 Å². The zero-order valence-electron chi connectivity index (χ0n) is 8.75. The van der Waals surface area contributed by atoms with E-state index in [9.17, 15) is 4.79 Å². The van der Waals surface area contributed by atoms with E-state index >= 15 is 0 Å². The van der Waals surface area contributed by atoms with Crippen LogP contribution in [0.3, 0.4) is 0 Å². The highest BCUT2D eigenvalue weighted by molar-refractivity contribution is 8.00. The number of Topliss-reactive ketones (excluding diaryl/α,β-unsaturated/α-hetero) is 1. The van der Waals surface area contributed by atoms with Crippen LogP contribution in [0.4, 0.5) is 0 Å². The number of benzene rings is 1. The van der Waals surface area contributed by atoms with E-state index in [1.54, 1.807) is 11.8 Å². The van der Waals surface area contributed by atoms with Gasteiger partial charge in [-0.2, -0.15) is 0 Å². The zero-order valence-corrected chi connectivity index (χ0v) is 9.56. The molecule has 0 fully saturated rings. The van der Waals surface area contributed by atoms with Gasteiger partial charge in [-0.3, -0.25) is 4.79 Å². The Morgan fingerprint density at radius 1 is 1.29 bits per heavy atom. The van der Waals surface area contributed by atoms with Gasteiger partial charge in [-0.05, 0) is 25.5 Å². The maximum atomic E-state index is 11.3. The van der Waals surface area contributed by atoms with Crippen LogP contribution in [0, 0.1) is 6.92 Å². The van der Waals surface area contributed by atoms with Gasteiger partial charge in [-0.15, -0.1) is 11.8 Å². The molecule has 0 unspecified atom stereocenters. The summed E-state index contributed by atoms with van der Waals surface area (Å²) in [5.74, 6) is 0.953. The van der Waals surface area contributed by atoms with Crippen molar-refractivity contribution in [2.75, 3.05) is 5.75 Å². The third-order valence-electron chi connectivity index (χ3n) is 1.95. The highest BCUT2D eigenvalue weighted by Crippen LogP contribution is 2.18. The minimum atomic E-state index is 0.345. The zero-order chi connectivity index (χ0) is 10.4. The number of carbonyl (C=O) groups excluding carboxylic acids is 1. The summed E-state index contributed by atoms with van der Waals surface area (Å²) in [5, 5.41) is 0. The Morgan fingerprint density at radius 3 is 2.50 bits per heavy atom. The van der Waals surface area contributed by atoms with Crippen LogP contribution < -0.4 is 0 Å². The maximum Gasteiger partial charge on any atom is 0.143 e. The predicted octanol–water partition coefficient (Wildman–Crippen LogP) is 3.46. The average Bonchev–Trinajstić information content (AvgIpc) is 2.17. The van der Waals surface area contributed by atoms with Crippen LogP contribution in [-0.2, 0) is 4.79 Å². The monoisotopic (exact) mass is 208 g/mol. The van der Waals surface area contributed by atoms with Crippen molar-refractivity contribution in [3.63, 3.8) is 0 Å². The van der Waals surface area contributed by atoms with Gasteiger partial charge in [0.15, 0.2) is 0 Å². The van der Waals surface area contributed by atoms with E-state index < -0.39 is 0 Å². The third-order valence-corrected chi connectivity index (χ3v) is 3.02. The molecule has 1 aromatic rings. The Bertz CT molecular complexity index is 290. The van der Waals surface area contributed by atoms with E-state index in [2.05, 4.69) is 31.2 Å². The van der Waals surface area contributed by atoms with Crippen molar-refractivity contribution < 1.29 is 4.79 Å². The highest BCUT2D eigenvalue weighted by Gasteiger charge is 2.01. The Hall–Kier alpha value is -0.760. The molecule has 0 N–H and O–H groups in total. The lowest BCUT2D eigenvalue weighted by Gasteiger charge is -2.00. The number of aryl methyl sites for hydroxylation is 1. The number of thioether (sulfide) groups is 1. The summed E-state index contributed by atoms with van der Waals surface area (Å²) < 4.78 is 0. The van der Waals surface area contributed by atoms with Crippen LogP contribution in [0.5, 0.6) is 0 Å². The quantitative estimate of drug-likeness (QED) is 0.689. The summed E-state index contributed by atoms with van der Waals surface area (Å²) >= 11 is 1.63. The first-order chi connectivity index (χ1) is 6.72. The van der Waals surface area contributed by atoms with E-state index in [1.165, 1.54) is 10.5 Å². The topological polar surface area (TPSA) is 17.1 Å². The van der Waals surface area contributed by atoms with Gasteiger partial charge in [-0.1, -0.05) is 24.6 Å². The molecule has 0 bridgehead atoms. The van der Waals surface area contributed by atoms with Crippen LogP contribution in [0.2, 0.25) is 0 Å². The van der Waals surface area contributed by atoms with Crippen LogP contribution in [-0.4, -0.2) is 11.5 Å². The highest BCUT2D eigenvalue weighted by atomic mass is 32.2. The molecule has 0 heterocycles. The Labute approximate surface area is 89.9 Å². The number of carbonyl (C=O) groups is 1. The Balaban J connectivity index is 2.38. The molecule has 0 saturated carbocycles. The normalized spacial score (nSPS) is 10.1. The van der Waals surface area contributed by atoms with Crippen molar-refractivity contribution in [3.8, 4) is 0 Å². The first-order valence-electron chi connectivity index (χ1n) is 4.93. The number of hydrogen-bond acceptors (Lipinski definition) is 2. The van der Waals surface area contributed by atoms with Gasteiger partial charge >= 0.3 is 0 Å². The number of hydrogen-bond donors (Lipinski definition) is 0. The summed E-state index contributed by atoms with van der Waals surface area (Å²) in [6.45, 7) is 4.10. The molecule has 0 radical (unpaired) electrons. The van der Waals surface area contributed by atoms with Crippen LogP contribution in [0.15, 0.2) is 29.2 Å². The predicted molar refractivity (Wildman–Crippen MR) is 61.8 cm³/mol. The molecule has 0 aromatic heterocycles. The Morgan fingerprint density at radius 2 is 1.93 bits per heavy atom. The largest absolute Gasteiger partial charge is 0.299 e. The summed E-state index contributed by atoms with van der Waals surface area (Å²) in [5.41, 5.74) is 1.26. The molecule has 0 saturated heterocycles. The molecule has 1 nitrogen and oxygen atoms in total. The summed E-state index contributed by atoms with van der Waals surface area (Å²) in [7, 11) is 0. The molecule has 0 aliphatic rings. The number of ketones is 1. The van der Waals surface area contributed by atoms with Crippen LogP contribution >= 0.6 is 11.8 Å². The summed E-state index contributed by atoms with van der Waals surface area (Å²) in [6.07, 6.45) is 1.66. The molecule has 1 aromatic carbocycles. The lowest BCUT2D eigenvalue weighted by atomic mass is 10.2. The van der Waals surface area contributed by atoms with E-state index in [0.717, 1.165) is 6.42 Å². The van der Waals surface area contributed by atoms with Gasteiger partial charge in [0.1, 0.15) is 5.78 Å². The molecule has 0 atom stereocenters. The van der Waals surface area contributed by atoms with Gasteiger partial charge in [0.05, 0.1) is 5.75 Å². The molecule has 76 valence electrons. The van der Waals surface area contributed by atoms with E-state index in [1.807, 2.05) is 6.92 Å². The second kappa shape index (κ2) is 5.86. The summed E-state index contributed by atoms with van der Waals surface area (Å²) in [4.78, 5) is 12.4. The minimum Gasteiger partial charge on any atom is -0.299 e. The molecular weight excluding hydrogens is 192 g/mol. The average molecular weight is 208 g/mol. The van der Waals surface area contributed by atoms with Crippen molar-refractivity contribution in [1.29, 1.82) is 0 Å². The first kappa shape index (κ1) is 11.3. The molecule has 2 heteroatoms. The molecule has 0 spiro atoms. The molecule has 14 heavy (non-hydrogen) atoms. The number of rotatable bonds is 5. The van der Waals surface area contributed by atoms with E-state index in [0.29, 0.717) is 18.0 Å². The van der Waals surface area contributed by atoms with Crippen molar-refractivity contribution in [2.24, 2.45) is 0 Å². The van der Waals surface area contributed by atoms with Crippen molar-refractivity contribution in [3.05, 3.63) is 29.8 Å². The SMILES string of the molecule is CCCC(=O)CSc1ccc(C)cc1. The van der Waals surface area contributed by atoms with Gasteiger partial charge in [0.2, 0.25) is 0 Å². The second-order valence-electron chi connectivity index (χ2n) is 3.39. The maximum absolute atomic E-state index is 11.3. The lowest BCUT2D eigenvalue weighted by Crippen LogP contribution is -1.99. The molecule has 0 aliphatic carbocycles. The fourth-order valence-electron chi connectivity index (χ4n) is 1.15. The fourth-order valence-corrected chi connectivity index (χ4v) is 1.95. The smallest absolute Gasteiger partial charge is 0.143 e. The fraction of sp³-hybridized carbons (Fsp3) is 0.417. The van der Waals surface area contributed by atoms with Crippen molar-refractivity contribution in [1.82, 2.24) is 0 Å².